The summed E-state index contributed by atoms with van der Waals surface area (Å²) in [6, 6.07) is 5.19. The third kappa shape index (κ3) is 4.16. The predicted molar refractivity (Wildman–Crippen MR) is 74.3 cm³/mol. The maximum atomic E-state index is 11.3. The number of carboxylic acid groups (broad SMARTS) is 1. The van der Waals surface area contributed by atoms with Crippen LogP contribution in [0.2, 0.25) is 10.0 Å². The summed E-state index contributed by atoms with van der Waals surface area (Å²) in [6.45, 7) is 4.06. The standard InChI is InChI=1S/C13H17Cl2NO2/c1-3-4-13(2,12(17)18)16-8-9-5-10(14)7-11(15)6-9/h5-7,16H,3-4,8H2,1-2H3,(H,17,18). The molecule has 0 aliphatic carbocycles. The Kier molecular flexibility index (Phi) is 5.45. The minimum atomic E-state index is -0.927. The summed E-state index contributed by atoms with van der Waals surface area (Å²) in [5.41, 5.74) is -0.0557. The quantitative estimate of drug-likeness (QED) is 0.839. The fraction of sp³-hybridized carbons (Fsp3) is 0.462. The van der Waals surface area contributed by atoms with Gasteiger partial charge >= 0.3 is 5.97 Å². The van der Waals surface area contributed by atoms with Crippen LogP contribution >= 0.6 is 23.2 Å². The maximum absolute atomic E-state index is 11.3. The number of hydrogen-bond acceptors (Lipinski definition) is 2. The summed E-state index contributed by atoms with van der Waals surface area (Å²) in [4.78, 5) is 11.3. The molecule has 100 valence electrons. The van der Waals surface area contributed by atoms with E-state index in [1.165, 1.54) is 0 Å². The molecule has 0 saturated carbocycles. The fourth-order valence-corrected chi connectivity index (χ4v) is 2.35. The maximum Gasteiger partial charge on any atom is 0.323 e. The number of rotatable bonds is 6. The van der Waals surface area contributed by atoms with E-state index in [-0.39, 0.29) is 0 Å². The van der Waals surface area contributed by atoms with Crippen LogP contribution in [0.1, 0.15) is 32.3 Å². The third-order valence-corrected chi connectivity index (χ3v) is 3.26. The van der Waals surface area contributed by atoms with E-state index in [0.29, 0.717) is 23.0 Å². The molecule has 3 nitrogen and oxygen atoms in total. The second kappa shape index (κ2) is 6.41. The van der Waals surface area contributed by atoms with Crippen molar-refractivity contribution in [3.8, 4) is 0 Å². The molecule has 1 aromatic rings. The van der Waals surface area contributed by atoms with Crippen LogP contribution in [-0.2, 0) is 11.3 Å². The lowest BCUT2D eigenvalue weighted by Gasteiger charge is -2.26. The minimum Gasteiger partial charge on any atom is -0.480 e. The lowest BCUT2D eigenvalue weighted by atomic mass is 9.96. The monoisotopic (exact) mass is 289 g/mol. The van der Waals surface area contributed by atoms with Crippen LogP contribution < -0.4 is 5.32 Å². The molecule has 0 bridgehead atoms. The van der Waals surface area contributed by atoms with E-state index in [1.54, 1.807) is 25.1 Å². The van der Waals surface area contributed by atoms with Gasteiger partial charge in [-0.3, -0.25) is 10.1 Å². The summed E-state index contributed by atoms with van der Waals surface area (Å²) >= 11 is 11.8. The lowest BCUT2D eigenvalue weighted by Crippen LogP contribution is -2.48. The highest BCUT2D eigenvalue weighted by Crippen LogP contribution is 2.20. The smallest absolute Gasteiger partial charge is 0.323 e. The topological polar surface area (TPSA) is 49.3 Å². The average Bonchev–Trinajstić information content (AvgIpc) is 2.25. The second-order valence-electron chi connectivity index (χ2n) is 4.52. The van der Waals surface area contributed by atoms with Crippen molar-refractivity contribution >= 4 is 29.2 Å². The largest absolute Gasteiger partial charge is 0.480 e. The number of carboxylic acids is 1. The van der Waals surface area contributed by atoms with Crippen LogP contribution in [0.3, 0.4) is 0 Å². The zero-order chi connectivity index (χ0) is 13.8. The van der Waals surface area contributed by atoms with Crippen LogP contribution in [0.5, 0.6) is 0 Å². The van der Waals surface area contributed by atoms with Crippen molar-refractivity contribution < 1.29 is 9.90 Å². The van der Waals surface area contributed by atoms with Gasteiger partial charge in [0.15, 0.2) is 0 Å². The zero-order valence-electron chi connectivity index (χ0n) is 10.5. The first-order valence-corrected chi connectivity index (χ1v) is 6.56. The Labute approximate surface area is 117 Å². The molecule has 0 aliphatic rings. The molecule has 0 saturated heterocycles. The Bertz CT molecular complexity index is 417. The molecule has 2 N–H and O–H groups in total. The van der Waals surface area contributed by atoms with Crippen LogP contribution in [0.4, 0.5) is 0 Å². The lowest BCUT2D eigenvalue weighted by molar-refractivity contribution is -0.144. The Balaban J connectivity index is 2.76. The molecule has 0 amide bonds. The van der Waals surface area contributed by atoms with Gasteiger partial charge in [0.1, 0.15) is 5.54 Å². The fourth-order valence-electron chi connectivity index (χ4n) is 1.78. The van der Waals surface area contributed by atoms with Crippen molar-refractivity contribution in [3.63, 3.8) is 0 Å². The first-order valence-electron chi connectivity index (χ1n) is 5.81. The van der Waals surface area contributed by atoms with Crippen molar-refractivity contribution in [1.29, 1.82) is 0 Å². The van der Waals surface area contributed by atoms with Gasteiger partial charge in [-0.1, -0.05) is 36.5 Å². The van der Waals surface area contributed by atoms with E-state index >= 15 is 0 Å². The summed E-state index contributed by atoms with van der Waals surface area (Å²) in [6.07, 6.45) is 1.36. The van der Waals surface area contributed by atoms with Gasteiger partial charge in [-0.25, -0.2) is 0 Å². The molecule has 0 heterocycles. The number of hydrogen-bond donors (Lipinski definition) is 2. The summed E-state index contributed by atoms with van der Waals surface area (Å²) in [5.74, 6) is -0.850. The van der Waals surface area contributed by atoms with Gasteiger partial charge < -0.3 is 5.11 Å². The van der Waals surface area contributed by atoms with Crippen molar-refractivity contribution in [2.24, 2.45) is 0 Å². The average molecular weight is 290 g/mol. The van der Waals surface area contributed by atoms with Crippen LogP contribution in [0.25, 0.3) is 0 Å². The van der Waals surface area contributed by atoms with Crippen LogP contribution in [0, 0.1) is 0 Å². The van der Waals surface area contributed by atoms with Crippen molar-refractivity contribution in [3.05, 3.63) is 33.8 Å². The Morgan fingerprint density at radius 1 is 1.33 bits per heavy atom. The molecular formula is C13H17Cl2NO2. The van der Waals surface area contributed by atoms with Crippen molar-refractivity contribution in [2.45, 2.75) is 38.8 Å². The molecule has 0 aliphatic heterocycles. The molecule has 1 unspecified atom stereocenters. The van der Waals surface area contributed by atoms with E-state index in [2.05, 4.69) is 5.32 Å². The molecule has 0 fully saturated rings. The number of benzene rings is 1. The van der Waals surface area contributed by atoms with Gasteiger partial charge in [0.25, 0.3) is 0 Å². The van der Waals surface area contributed by atoms with E-state index in [9.17, 15) is 9.90 Å². The summed E-state index contributed by atoms with van der Waals surface area (Å²) in [7, 11) is 0. The molecule has 5 heteroatoms. The van der Waals surface area contributed by atoms with Crippen molar-refractivity contribution in [2.75, 3.05) is 0 Å². The van der Waals surface area contributed by atoms with Crippen LogP contribution in [-0.4, -0.2) is 16.6 Å². The molecule has 1 atom stereocenters. The molecule has 0 aromatic heterocycles. The Morgan fingerprint density at radius 2 is 1.89 bits per heavy atom. The van der Waals surface area contributed by atoms with Crippen molar-refractivity contribution in [1.82, 2.24) is 5.32 Å². The highest BCUT2D eigenvalue weighted by Gasteiger charge is 2.31. The van der Waals surface area contributed by atoms with Gasteiger partial charge in [0, 0.05) is 16.6 Å². The first-order chi connectivity index (χ1) is 8.37. The third-order valence-electron chi connectivity index (χ3n) is 2.83. The SMILES string of the molecule is CCCC(C)(NCc1cc(Cl)cc(Cl)c1)C(=O)O. The second-order valence-corrected chi connectivity index (χ2v) is 5.39. The molecule has 18 heavy (non-hydrogen) atoms. The van der Waals surface area contributed by atoms with Gasteiger partial charge in [0.2, 0.25) is 0 Å². The van der Waals surface area contributed by atoms with E-state index in [0.717, 1.165) is 12.0 Å². The number of halogens is 2. The van der Waals surface area contributed by atoms with Gasteiger partial charge in [-0.05, 0) is 37.1 Å². The van der Waals surface area contributed by atoms with E-state index in [1.807, 2.05) is 6.92 Å². The van der Waals surface area contributed by atoms with Gasteiger partial charge in [-0.15, -0.1) is 0 Å². The Morgan fingerprint density at radius 3 is 2.33 bits per heavy atom. The minimum absolute atomic E-state index is 0.420. The van der Waals surface area contributed by atoms with E-state index < -0.39 is 11.5 Å². The van der Waals surface area contributed by atoms with Crippen LogP contribution in [0.15, 0.2) is 18.2 Å². The number of nitrogens with one attached hydrogen (secondary N) is 1. The molecule has 0 spiro atoms. The Hall–Kier alpha value is -0.770. The molecular weight excluding hydrogens is 273 g/mol. The predicted octanol–water partition coefficient (Wildman–Crippen LogP) is 3.73. The molecule has 1 aromatic carbocycles. The van der Waals surface area contributed by atoms with E-state index in [4.69, 9.17) is 23.2 Å². The molecule has 0 radical (unpaired) electrons. The normalized spacial score (nSPS) is 14.2. The van der Waals surface area contributed by atoms with Gasteiger partial charge in [0.05, 0.1) is 0 Å². The number of aliphatic carboxylic acids is 1. The highest BCUT2D eigenvalue weighted by molar-refractivity contribution is 6.34. The highest BCUT2D eigenvalue weighted by atomic mass is 35.5. The zero-order valence-corrected chi connectivity index (χ0v) is 12.0. The van der Waals surface area contributed by atoms with Gasteiger partial charge in [-0.2, -0.15) is 0 Å². The summed E-state index contributed by atoms with van der Waals surface area (Å²) < 4.78 is 0. The number of carbonyl (C=O) groups is 1. The summed E-state index contributed by atoms with van der Waals surface area (Å²) in [5, 5.41) is 13.4. The molecule has 1 rings (SSSR count). The first kappa shape index (κ1) is 15.3.